The summed E-state index contributed by atoms with van der Waals surface area (Å²) in [6, 6.07) is 10.1. The number of methoxy groups -OCH3 is 1. The predicted molar refractivity (Wildman–Crippen MR) is 118 cm³/mol. The van der Waals surface area contributed by atoms with Gasteiger partial charge in [-0.15, -0.1) is 0 Å². The Morgan fingerprint density at radius 2 is 1.84 bits per heavy atom. The molecule has 0 atom stereocenters. The van der Waals surface area contributed by atoms with Crippen molar-refractivity contribution >= 4 is 39.5 Å². The minimum Gasteiger partial charge on any atom is -0.493 e. The van der Waals surface area contributed by atoms with Crippen molar-refractivity contribution in [2.24, 2.45) is 5.10 Å². The van der Waals surface area contributed by atoms with E-state index in [9.17, 15) is 18.0 Å². The zero-order valence-corrected chi connectivity index (χ0v) is 18.5. The number of benzene rings is 2. The third-order valence-corrected chi connectivity index (χ3v) is 5.49. The van der Waals surface area contributed by atoms with Crippen LogP contribution in [0.5, 0.6) is 11.5 Å². The molecule has 2 aromatic carbocycles. The molecule has 1 heterocycles. The summed E-state index contributed by atoms with van der Waals surface area (Å²) in [5, 5.41) is 5.39. The summed E-state index contributed by atoms with van der Waals surface area (Å²) in [6.07, 6.45) is 2.59. The van der Waals surface area contributed by atoms with Crippen LogP contribution in [-0.2, 0) is 19.7 Å². The SMILES string of the molecule is CCCC(=O)Oc1ccc(/C=C2/C(=O)N(c3ccc(S(=O)(=O)O)cc3)N=C2C)cc1OC. The second kappa shape index (κ2) is 9.33. The Kier molecular flexibility index (Phi) is 6.75. The van der Waals surface area contributed by atoms with Crippen LogP contribution >= 0.6 is 0 Å². The topological polar surface area (TPSA) is 123 Å². The molecule has 0 aliphatic carbocycles. The van der Waals surface area contributed by atoms with E-state index in [0.29, 0.717) is 41.1 Å². The fourth-order valence-electron chi connectivity index (χ4n) is 3.02. The highest BCUT2D eigenvalue weighted by atomic mass is 32.2. The lowest BCUT2D eigenvalue weighted by Gasteiger charge is -2.12. The van der Waals surface area contributed by atoms with E-state index in [1.807, 2.05) is 6.92 Å². The van der Waals surface area contributed by atoms with E-state index in [4.69, 9.17) is 14.0 Å². The maximum absolute atomic E-state index is 12.9. The lowest BCUT2D eigenvalue weighted by atomic mass is 10.1. The van der Waals surface area contributed by atoms with E-state index in [1.54, 1.807) is 31.2 Å². The highest BCUT2D eigenvalue weighted by Crippen LogP contribution is 2.31. The minimum absolute atomic E-state index is 0.281. The molecule has 2 aromatic rings. The Morgan fingerprint density at radius 3 is 2.44 bits per heavy atom. The molecular formula is C22H22N2O7S. The first-order valence-electron chi connectivity index (χ1n) is 9.72. The molecule has 9 nitrogen and oxygen atoms in total. The van der Waals surface area contributed by atoms with Crippen LogP contribution in [0.2, 0.25) is 0 Å². The van der Waals surface area contributed by atoms with Crippen LogP contribution in [-0.4, -0.2) is 37.7 Å². The number of amides is 1. The van der Waals surface area contributed by atoms with E-state index in [0.717, 1.165) is 5.01 Å². The monoisotopic (exact) mass is 458 g/mol. The molecule has 168 valence electrons. The summed E-state index contributed by atoms with van der Waals surface area (Å²) >= 11 is 0. The second-order valence-corrected chi connectivity index (χ2v) is 8.39. The van der Waals surface area contributed by atoms with Crippen molar-refractivity contribution < 1.29 is 32.0 Å². The molecular weight excluding hydrogens is 436 g/mol. The van der Waals surface area contributed by atoms with Crippen LogP contribution in [0.3, 0.4) is 0 Å². The molecule has 32 heavy (non-hydrogen) atoms. The van der Waals surface area contributed by atoms with Crippen molar-refractivity contribution in [3.05, 3.63) is 53.6 Å². The van der Waals surface area contributed by atoms with Crippen molar-refractivity contribution in [3.8, 4) is 11.5 Å². The molecule has 0 unspecified atom stereocenters. The zero-order valence-electron chi connectivity index (χ0n) is 17.7. The van der Waals surface area contributed by atoms with Gasteiger partial charge in [-0.25, -0.2) is 0 Å². The lowest BCUT2D eigenvalue weighted by molar-refractivity contribution is -0.134. The van der Waals surface area contributed by atoms with Gasteiger partial charge >= 0.3 is 5.97 Å². The minimum atomic E-state index is -4.33. The number of esters is 1. The maximum atomic E-state index is 12.9. The van der Waals surface area contributed by atoms with Crippen molar-refractivity contribution in [1.82, 2.24) is 0 Å². The molecule has 1 aliphatic rings. The van der Waals surface area contributed by atoms with Crippen molar-refractivity contribution in [3.63, 3.8) is 0 Å². The largest absolute Gasteiger partial charge is 0.493 e. The Labute approximate surface area is 185 Å². The molecule has 0 aromatic heterocycles. The Bertz CT molecular complexity index is 1220. The van der Waals surface area contributed by atoms with Gasteiger partial charge in [-0.1, -0.05) is 13.0 Å². The Balaban J connectivity index is 1.86. The summed E-state index contributed by atoms with van der Waals surface area (Å²) in [4.78, 5) is 24.4. The molecule has 1 amide bonds. The molecule has 0 bridgehead atoms. The third-order valence-electron chi connectivity index (χ3n) is 4.62. The van der Waals surface area contributed by atoms with Crippen LogP contribution < -0.4 is 14.5 Å². The maximum Gasteiger partial charge on any atom is 0.311 e. The first-order valence-corrected chi connectivity index (χ1v) is 11.2. The van der Waals surface area contributed by atoms with Gasteiger partial charge in [0.1, 0.15) is 0 Å². The number of carbonyl (C=O) groups excluding carboxylic acids is 2. The highest BCUT2D eigenvalue weighted by molar-refractivity contribution is 7.85. The van der Waals surface area contributed by atoms with Gasteiger partial charge in [-0.05, 0) is 61.4 Å². The quantitative estimate of drug-likeness (QED) is 0.292. The van der Waals surface area contributed by atoms with E-state index >= 15 is 0 Å². The number of carbonyl (C=O) groups is 2. The van der Waals surface area contributed by atoms with Crippen LogP contribution in [0, 0.1) is 0 Å². The number of hydrogen-bond donors (Lipinski definition) is 1. The number of rotatable bonds is 7. The van der Waals surface area contributed by atoms with Crippen molar-refractivity contribution in [2.45, 2.75) is 31.6 Å². The summed E-state index contributed by atoms with van der Waals surface area (Å²) < 4.78 is 42.1. The number of ether oxygens (including phenoxy) is 2. The van der Waals surface area contributed by atoms with E-state index in [1.165, 1.54) is 31.4 Å². The molecule has 3 rings (SSSR count). The fraction of sp³-hybridized carbons (Fsp3) is 0.227. The number of nitrogens with zero attached hydrogens (tertiary/aromatic N) is 2. The van der Waals surface area contributed by atoms with Crippen LogP contribution in [0.15, 0.2) is 58.0 Å². The number of anilines is 1. The lowest BCUT2D eigenvalue weighted by Crippen LogP contribution is -2.21. The summed E-state index contributed by atoms with van der Waals surface area (Å²) in [6.45, 7) is 3.55. The molecule has 0 saturated heterocycles. The smallest absolute Gasteiger partial charge is 0.311 e. The molecule has 0 saturated carbocycles. The molecule has 0 fully saturated rings. The number of hydrazone groups is 1. The van der Waals surface area contributed by atoms with Gasteiger partial charge in [-0.2, -0.15) is 18.5 Å². The van der Waals surface area contributed by atoms with Gasteiger partial charge in [0, 0.05) is 6.42 Å². The predicted octanol–water partition coefficient (Wildman–Crippen LogP) is 3.45. The van der Waals surface area contributed by atoms with Gasteiger partial charge < -0.3 is 9.47 Å². The van der Waals surface area contributed by atoms with Gasteiger partial charge in [-0.3, -0.25) is 14.1 Å². The first kappa shape index (κ1) is 23.2. The van der Waals surface area contributed by atoms with Crippen LogP contribution in [0.25, 0.3) is 6.08 Å². The summed E-state index contributed by atoms with van der Waals surface area (Å²) in [7, 11) is -2.88. The molecule has 1 N–H and O–H groups in total. The average molecular weight is 458 g/mol. The second-order valence-electron chi connectivity index (χ2n) is 6.96. The first-order chi connectivity index (χ1) is 15.1. The average Bonchev–Trinajstić information content (AvgIpc) is 3.02. The van der Waals surface area contributed by atoms with E-state index in [2.05, 4.69) is 5.10 Å². The Hall–Kier alpha value is -3.50. The zero-order chi connectivity index (χ0) is 23.5. The molecule has 1 aliphatic heterocycles. The van der Waals surface area contributed by atoms with E-state index in [-0.39, 0.29) is 16.6 Å². The fourth-order valence-corrected chi connectivity index (χ4v) is 3.50. The molecule has 0 spiro atoms. The van der Waals surface area contributed by atoms with Crippen LogP contribution in [0.4, 0.5) is 5.69 Å². The van der Waals surface area contributed by atoms with Crippen LogP contribution in [0.1, 0.15) is 32.3 Å². The van der Waals surface area contributed by atoms with Gasteiger partial charge in [0.25, 0.3) is 16.0 Å². The Morgan fingerprint density at radius 1 is 1.16 bits per heavy atom. The van der Waals surface area contributed by atoms with E-state index < -0.39 is 16.0 Å². The van der Waals surface area contributed by atoms with Crippen molar-refractivity contribution in [2.75, 3.05) is 12.1 Å². The number of hydrogen-bond acceptors (Lipinski definition) is 7. The normalized spacial score (nSPS) is 15.1. The van der Waals surface area contributed by atoms with Gasteiger partial charge in [0.2, 0.25) is 0 Å². The van der Waals surface area contributed by atoms with Gasteiger partial charge in [0.15, 0.2) is 11.5 Å². The summed E-state index contributed by atoms with van der Waals surface area (Å²) in [5.41, 5.74) is 1.78. The molecule has 10 heteroatoms. The molecule has 0 radical (unpaired) electrons. The van der Waals surface area contributed by atoms with Gasteiger partial charge in [0.05, 0.1) is 29.0 Å². The summed E-state index contributed by atoms with van der Waals surface area (Å²) in [5.74, 6) is -0.126. The standard InChI is InChI=1S/C22H22N2O7S/c1-4-5-21(25)31-19-11-6-15(13-20(19)30-3)12-18-14(2)23-24(22(18)26)16-7-9-17(10-8-16)32(27,28)29/h6-13H,4-5H2,1-3H3,(H,27,28,29)/b18-12+. The highest BCUT2D eigenvalue weighted by Gasteiger charge is 2.29. The van der Waals surface area contributed by atoms with Crippen molar-refractivity contribution in [1.29, 1.82) is 0 Å². The third kappa shape index (κ3) is 5.04.